The standard InChI is InChI=1S/C48H48ClF2N7O6S.C2H6/c1-5-30(14-15-37(29(2)49)62-23-22-58-20-18-57(3)19-21-58)41-42-46(54-28-55-47(42)65-44(41)32-24-35(50)43(51)36(52)25-32)64-40(48(59)60)26-31-10-6-8-12-38(31)63-27-33-16-17-53-45(56-33)34-11-7-9-13-39(34)61-4;1-2/h5-17,24-25,28,40H,18-23,26-27,52H2,1-4H3,(H,59,60);1-2H3/p+1/b15-14-,30-5-,37-29-;. The van der Waals surface area contributed by atoms with Crippen molar-refractivity contribution < 1.29 is 42.5 Å². The van der Waals surface area contributed by atoms with Crippen LogP contribution in [-0.4, -0.2) is 95.5 Å². The Kier molecular flexibility index (Phi) is 17.8. The average Bonchev–Trinajstić information content (AvgIpc) is 3.73. The van der Waals surface area contributed by atoms with Gasteiger partial charge in [-0.2, -0.15) is 0 Å². The summed E-state index contributed by atoms with van der Waals surface area (Å²) in [5.74, 6) is -1.65. The molecule has 1 unspecified atom stereocenters. The second-order valence-electron chi connectivity index (χ2n) is 15.3. The summed E-state index contributed by atoms with van der Waals surface area (Å²) in [5.41, 5.74) is 8.74. The summed E-state index contributed by atoms with van der Waals surface area (Å²) in [7, 11) is 3.76. The van der Waals surface area contributed by atoms with Gasteiger partial charge in [-0.3, -0.25) is 4.90 Å². The summed E-state index contributed by atoms with van der Waals surface area (Å²) in [6.07, 6.45) is 6.65. The number of anilines is 1. The molecule has 17 heteroatoms. The van der Waals surface area contributed by atoms with E-state index in [1.54, 1.807) is 62.7 Å². The molecule has 1 atom stereocenters. The van der Waals surface area contributed by atoms with E-state index < -0.39 is 23.7 Å². The first kappa shape index (κ1) is 50.0. The summed E-state index contributed by atoms with van der Waals surface area (Å²) < 4.78 is 53.8. The van der Waals surface area contributed by atoms with E-state index in [9.17, 15) is 18.7 Å². The highest BCUT2D eigenvalue weighted by Crippen LogP contribution is 2.46. The highest BCUT2D eigenvalue weighted by Gasteiger charge is 2.28. The number of likely N-dealkylation sites (N-methyl/N-ethyl adjacent to an activating group) is 1. The molecule has 1 aliphatic rings. The van der Waals surface area contributed by atoms with Gasteiger partial charge in [-0.1, -0.05) is 67.9 Å². The molecule has 0 bridgehead atoms. The number of hydrogen-bond donors (Lipinski definition) is 3. The van der Waals surface area contributed by atoms with Gasteiger partial charge in [0.1, 0.15) is 41.6 Å². The first-order valence-electron chi connectivity index (χ1n) is 21.9. The SMILES string of the molecule is C/C=C(/C=C\C(OCCN1CC[NH+](C)CC1)=C(/C)Cl)c1c(-c2cc(N)c(F)c(F)c2)sc2ncnc(OC(Cc3ccccc3OCc3ccnc(-c4ccccc4OC)n3)C(=O)O)c12.CC. The number of rotatable bonds is 18. The lowest BCUT2D eigenvalue weighted by Crippen LogP contribution is -3.12. The van der Waals surface area contributed by atoms with Crippen LogP contribution in [0.4, 0.5) is 14.5 Å². The Hall–Kier alpha value is -6.46. The lowest BCUT2D eigenvalue weighted by Gasteiger charge is -2.29. The van der Waals surface area contributed by atoms with Crippen LogP contribution >= 0.6 is 22.9 Å². The summed E-state index contributed by atoms with van der Waals surface area (Å²) in [6, 6.07) is 18.6. The third kappa shape index (κ3) is 12.5. The fourth-order valence-electron chi connectivity index (χ4n) is 7.33. The minimum Gasteiger partial charge on any atom is -0.496 e. The van der Waals surface area contributed by atoms with Gasteiger partial charge in [-0.05, 0) is 73.0 Å². The summed E-state index contributed by atoms with van der Waals surface area (Å²) in [4.78, 5) is 35.8. The molecule has 1 saturated heterocycles. The van der Waals surface area contributed by atoms with E-state index in [0.29, 0.717) is 72.2 Å². The lowest BCUT2D eigenvalue weighted by molar-refractivity contribution is -0.884. The highest BCUT2D eigenvalue weighted by atomic mass is 35.5. The number of methoxy groups -OCH3 is 1. The quantitative estimate of drug-likeness (QED) is 0.0429. The van der Waals surface area contributed by atoms with E-state index in [1.807, 2.05) is 51.1 Å². The minimum atomic E-state index is -1.46. The zero-order valence-electron chi connectivity index (χ0n) is 38.3. The molecule has 0 amide bonds. The predicted octanol–water partition coefficient (Wildman–Crippen LogP) is 8.64. The van der Waals surface area contributed by atoms with Crippen molar-refractivity contribution in [3.05, 3.63) is 137 Å². The molecule has 4 heterocycles. The molecule has 0 radical (unpaired) electrons. The van der Waals surface area contributed by atoms with Crippen LogP contribution in [0.5, 0.6) is 17.4 Å². The zero-order valence-corrected chi connectivity index (χ0v) is 39.9. The number of benzene rings is 3. The normalized spacial score (nSPS) is 14.3. The number of fused-ring (bicyclic) bond motifs is 1. The first-order valence-corrected chi connectivity index (χ1v) is 23.1. The van der Waals surface area contributed by atoms with Crippen LogP contribution in [0.3, 0.4) is 0 Å². The molecule has 0 saturated carbocycles. The van der Waals surface area contributed by atoms with E-state index in [1.165, 1.54) is 17.3 Å². The molecule has 3 aromatic heterocycles. The largest absolute Gasteiger partial charge is 0.496 e. The molecular weight excluding hydrogens is 900 g/mol. The fraction of sp³-hybridized carbons (Fsp3) is 0.300. The Morgan fingerprint density at radius 2 is 1.76 bits per heavy atom. The van der Waals surface area contributed by atoms with Crippen LogP contribution in [0.2, 0.25) is 0 Å². The maximum absolute atomic E-state index is 15.0. The summed E-state index contributed by atoms with van der Waals surface area (Å²) in [5, 5.41) is 11.4. The number of carboxylic acid groups (broad SMARTS) is 1. The Morgan fingerprint density at radius 1 is 1.03 bits per heavy atom. The molecule has 352 valence electrons. The molecule has 1 aliphatic heterocycles. The molecule has 3 aromatic carbocycles. The molecule has 0 spiro atoms. The molecule has 1 fully saturated rings. The Balaban J connectivity index is 0.00000365. The first-order chi connectivity index (χ1) is 32.4. The van der Waals surface area contributed by atoms with Crippen molar-refractivity contribution in [1.82, 2.24) is 24.8 Å². The number of nitrogens with one attached hydrogen (secondary N) is 1. The number of piperazine rings is 1. The van der Waals surface area contributed by atoms with Crippen molar-refractivity contribution in [2.75, 3.05) is 59.2 Å². The van der Waals surface area contributed by atoms with Gasteiger partial charge in [0.15, 0.2) is 17.5 Å². The van der Waals surface area contributed by atoms with Crippen molar-refractivity contribution in [2.45, 2.75) is 46.8 Å². The van der Waals surface area contributed by atoms with Crippen LogP contribution in [0.25, 0.3) is 37.6 Å². The summed E-state index contributed by atoms with van der Waals surface area (Å²) in [6.45, 7) is 12.8. The van der Waals surface area contributed by atoms with E-state index in [-0.39, 0.29) is 30.2 Å². The van der Waals surface area contributed by atoms with E-state index in [2.05, 4.69) is 31.9 Å². The molecule has 0 aliphatic carbocycles. The van der Waals surface area contributed by atoms with Gasteiger partial charge in [0, 0.05) is 42.7 Å². The number of ether oxygens (including phenoxy) is 4. The maximum atomic E-state index is 15.0. The third-order valence-corrected chi connectivity index (χ3v) is 12.2. The third-order valence-electron chi connectivity index (χ3n) is 10.8. The van der Waals surface area contributed by atoms with Gasteiger partial charge >= 0.3 is 5.97 Å². The van der Waals surface area contributed by atoms with Gasteiger partial charge in [-0.25, -0.2) is 33.5 Å². The summed E-state index contributed by atoms with van der Waals surface area (Å²) >= 11 is 7.72. The smallest absolute Gasteiger partial charge is 0.345 e. The van der Waals surface area contributed by atoms with Crippen molar-refractivity contribution in [3.8, 4) is 39.2 Å². The number of hydrogen-bond acceptors (Lipinski definition) is 12. The van der Waals surface area contributed by atoms with Gasteiger partial charge in [0.05, 0.1) is 54.6 Å². The van der Waals surface area contributed by atoms with Crippen LogP contribution in [0.1, 0.15) is 44.5 Å². The molecule has 67 heavy (non-hydrogen) atoms. The second kappa shape index (κ2) is 23.8. The van der Waals surface area contributed by atoms with Gasteiger partial charge < -0.3 is 34.7 Å². The second-order valence-corrected chi connectivity index (χ2v) is 16.8. The van der Waals surface area contributed by atoms with Crippen molar-refractivity contribution in [3.63, 3.8) is 0 Å². The number of nitrogen functional groups attached to an aromatic ring is 1. The van der Waals surface area contributed by atoms with Gasteiger partial charge in [0.2, 0.25) is 12.0 Å². The lowest BCUT2D eigenvalue weighted by atomic mass is 9.98. The number of aliphatic carboxylic acids is 1. The van der Waals surface area contributed by atoms with E-state index >= 15 is 0 Å². The zero-order chi connectivity index (χ0) is 48.0. The number of thiophene rings is 1. The van der Waals surface area contributed by atoms with Crippen molar-refractivity contribution in [1.29, 1.82) is 0 Å². The Bertz CT molecular complexity index is 2730. The van der Waals surface area contributed by atoms with Crippen molar-refractivity contribution >= 4 is 50.4 Å². The predicted molar refractivity (Wildman–Crippen MR) is 259 cm³/mol. The number of halogens is 3. The monoisotopic (exact) mass is 954 g/mol. The number of nitrogens with zero attached hydrogens (tertiary/aromatic N) is 5. The number of para-hydroxylation sites is 2. The number of carboxylic acids is 1. The minimum absolute atomic E-state index is 0.0407. The van der Waals surface area contributed by atoms with E-state index in [0.717, 1.165) is 55.7 Å². The van der Waals surface area contributed by atoms with E-state index in [4.69, 9.17) is 36.3 Å². The number of carbonyl (C=O) groups is 1. The number of allylic oxidation sites excluding steroid dienone is 5. The molecular formula is C50H55ClF2N7O6S+. The average molecular weight is 956 g/mol. The number of quaternary nitrogens is 1. The molecule has 13 nitrogen and oxygen atoms in total. The van der Waals surface area contributed by atoms with Crippen LogP contribution in [0, 0.1) is 11.6 Å². The van der Waals surface area contributed by atoms with Gasteiger partial charge in [-0.15, -0.1) is 11.3 Å². The topological polar surface area (TPSA) is 159 Å². The van der Waals surface area contributed by atoms with Crippen LogP contribution in [-0.2, 0) is 22.6 Å². The number of nitrogens with two attached hydrogens (primary N) is 1. The van der Waals surface area contributed by atoms with Crippen LogP contribution < -0.4 is 24.8 Å². The molecule has 7 rings (SSSR count). The Labute approximate surface area is 398 Å². The molecule has 6 aromatic rings. The fourth-order valence-corrected chi connectivity index (χ4v) is 8.59. The van der Waals surface area contributed by atoms with Crippen LogP contribution in [0.15, 0.2) is 108 Å². The maximum Gasteiger partial charge on any atom is 0.345 e. The molecule has 4 N–H and O–H groups in total. The Morgan fingerprint density at radius 3 is 2.46 bits per heavy atom. The highest BCUT2D eigenvalue weighted by molar-refractivity contribution is 7.22. The number of aromatic nitrogens is 4. The van der Waals surface area contributed by atoms with Gasteiger partial charge in [0.25, 0.3) is 0 Å². The van der Waals surface area contributed by atoms with Crippen molar-refractivity contribution in [2.24, 2.45) is 0 Å².